The second kappa shape index (κ2) is 12.9. The number of rotatable bonds is 5. The van der Waals surface area contributed by atoms with Gasteiger partial charge in [0.2, 0.25) is 5.91 Å². The minimum absolute atomic E-state index is 0. The molecule has 1 heterocycles. The number of halogens is 1. The first-order valence-corrected chi connectivity index (χ1v) is 10.7. The van der Waals surface area contributed by atoms with Gasteiger partial charge in [0.15, 0.2) is 5.96 Å². The van der Waals surface area contributed by atoms with Gasteiger partial charge in [-0.1, -0.05) is 61.2 Å². The summed E-state index contributed by atoms with van der Waals surface area (Å²) in [4.78, 5) is 19.0. The average molecular weight is 510 g/mol. The van der Waals surface area contributed by atoms with E-state index in [9.17, 15) is 4.79 Å². The van der Waals surface area contributed by atoms with Gasteiger partial charge < -0.3 is 15.5 Å². The van der Waals surface area contributed by atoms with E-state index in [1.807, 2.05) is 7.05 Å². The number of amides is 1. The zero-order valence-corrected chi connectivity index (χ0v) is 19.9. The molecule has 1 saturated carbocycles. The molecule has 1 aliphatic heterocycles. The Balaban J connectivity index is 0.00000300. The average Bonchev–Trinajstić information content (AvgIpc) is 2.76. The van der Waals surface area contributed by atoms with Gasteiger partial charge in [-0.2, -0.15) is 0 Å². The first-order chi connectivity index (χ1) is 13.8. The lowest BCUT2D eigenvalue weighted by atomic mass is 9.89. The van der Waals surface area contributed by atoms with E-state index in [0.717, 1.165) is 44.7 Å². The van der Waals surface area contributed by atoms with Crippen LogP contribution in [0.4, 0.5) is 0 Å². The summed E-state index contributed by atoms with van der Waals surface area (Å²) in [6.45, 7) is 3.33. The molecular formula is C23H35IN4O. The number of piperidine rings is 1. The maximum Gasteiger partial charge on any atom is 0.223 e. The number of nitrogens with one attached hydrogen (secondary N) is 2. The van der Waals surface area contributed by atoms with Crippen LogP contribution in [-0.4, -0.2) is 50.0 Å². The molecule has 2 N–H and O–H groups in total. The normalized spacial score (nSPS) is 18.0. The third-order valence-electron chi connectivity index (χ3n) is 5.77. The highest BCUT2D eigenvalue weighted by Crippen LogP contribution is 2.23. The minimum Gasteiger partial charge on any atom is -0.354 e. The van der Waals surface area contributed by atoms with E-state index in [0.29, 0.717) is 13.1 Å². The Hall–Kier alpha value is -1.57. The quantitative estimate of drug-likeness (QED) is 0.272. The molecule has 1 aromatic rings. The molecule has 0 bridgehead atoms. The van der Waals surface area contributed by atoms with Crippen molar-refractivity contribution in [2.24, 2.45) is 10.9 Å². The molecule has 2 aliphatic rings. The predicted octanol–water partition coefficient (Wildman–Crippen LogP) is 4.06. The Labute approximate surface area is 192 Å². The molecule has 5 nitrogen and oxygen atoms in total. The van der Waals surface area contributed by atoms with E-state index >= 15 is 0 Å². The molecule has 160 valence electrons. The van der Waals surface area contributed by atoms with Crippen LogP contribution in [0.5, 0.6) is 0 Å². The summed E-state index contributed by atoms with van der Waals surface area (Å²) in [5, 5.41) is 6.49. The van der Waals surface area contributed by atoms with Crippen molar-refractivity contribution >= 4 is 41.9 Å². The zero-order chi connectivity index (χ0) is 19.6. The SMILES string of the molecule is CN=C(NCCNC(=O)C1CCCCC1)N1CCC(=Cc2ccccc2)CC1.I. The maximum absolute atomic E-state index is 12.2. The number of hydrogen-bond acceptors (Lipinski definition) is 2. The van der Waals surface area contributed by atoms with Crippen LogP contribution in [0.2, 0.25) is 0 Å². The third-order valence-corrected chi connectivity index (χ3v) is 5.77. The van der Waals surface area contributed by atoms with Crippen molar-refractivity contribution in [1.82, 2.24) is 15.5 Å². The fraction of sp³-hybridized carbons (Fsp3) is 0.565. The number of hydrogen-bond donors (Lipinski definition) is 2. The Morgan fingerprint density at radius 3 is 2.38 bits per heavy atom. The lowest BCUT2D eigenvalue weighted by molar-refractivity contribution is -0.125. The van der Waals surface area contributed by atoms with E-state index < -0.39 is 0 Å². The molecule has 6 heteroatoms. The van der Waals surface area contributed by atoms with Gasteiger partial charge in [-0.05, 0) is 31.2 Å². The molecule has 0 aromatic heterocycles. The second-order valence-corrected chi connectivity index (χ2v) is 7.80. The Kier molecular flexibility index (Phi) is 10.5. The molecule has 1 saturated heterocycles. The fourth-order valence-electron chi connectivity index (χ4n) is 4.14. The predicted molar refractivity (Wildman–Crippen MR) is 132 cm³/mol. The number of guanidine groups is 1. The molecule has 2 fully saturated rings. The minimum atomic E-state index is 0. The van der Waals surface area contributed by atoms with Crippen LogP contribution in [0.15, 0.2) is 40.9 Å². The topological polar surface area (TPSA) is 56.7 Å². The highest BCUT2D eigenvalue weighted by Gasteiger charge is 2.21. The number of carbonyl (C=O) groups excluding carboxylic acids is 1. The summed E-state index contributed by atoms with van der Waals surface area (Å²) in [6.07, 6.45) is 10.2. The molecule has 29 heavy (non-hydrogen) atoms. The standard InChI is InChI=1S/C23H34N4O.HI/c1-24-23(26-15-14-25-22(28)21-10-6-3-7-11-21)27-16-12-20(13-17-27)18-19-8-4-2-5-9-19;/h2,4-5,8-9,18,21H,3,6-7,10-17H2,1H3,(H,24,26)(H,25,28);1H. The van der Waals surface area contributed by atoms with Crippen molar-refractivity contribution in [2.75, 3.05) is 33.2 Å². The Bertz CT molecular complexity index is 673. The molecule has 0 spiro atoms. The summed E-state index contributed by atoms with van der Waals surface area (Å²) in [7, 11) is 1.83. The van der Waals surface area contributed by atoms with Crippen LogP contribution >= 0.6 is 24.0 Å². The van der Waals surface area contributed by atoms with Gasteiger partial charge in [0.25, 0.3) is 0 Å². The van der Waals surface area contributed by atoms with E-state index in [2.05, 4.69) is 56.9 Å². The molecular weight excluding hydrogens is 475 g/mol. The van der Waals surface area contributed by atoms with Gasteiger partial charge in [-0.25, -0.2) is 0 Å². The molecule has 1 aliphatic carbocycles. The van der Waals surface area contributed by atoms with Crippen molar-refractivity contribution in [1.29, 1.82) is 0 Å². The highest BCUT2D eigenvalue weighted by molar-refractivity contribution is 14.0. The van der Waals surface area contributed by atoms with Gasteiger partial charge in [-0.3, -0.25) is 9.79 Å². The van der Waals surface area contributed by atoms with E-state index in [-0.39, 0.29) is 35.8 Å². The largest absolute Gasteiger partial charge is 0.354 e. The molecule has 1 aromatic carbocycles. The maximum atomic E-state index is 12.2. The molecule has 0 unspecified atom stereocenters. The van der Waals surface area contributed by atoms with Crippen molar-refractivity contribution in [3.63, 3.8) is 0 Å². The molecule has 0 radical (unpaired) electrons. The number of likely N-dealkylation sites (tertiary alicyclic amines) is 1. The van der Waals surface area contributed by atoms with Crippen LogP contribution in [-0.2, 0) is 4.79 Å². The summed E-state index contributed by atoms with van der Waals surface area (Å²) in [5.41, 5.74) is 2.78. The van der Waals surface area contributed by atoms with Gasteiger partial charge >= 0.3 is 0 Å². The fourth-order valence-corrected chi connectivity index (χ4v) is 4.14. The first kappa shape index (κ1) is 23.7. The van der Waals surface area contributed by atoms with Gasteiger partial charge in [0.05, 0.1) is 0 Å². The summed E-state index contributed by atoms with van der Waals surface area (Å²) in [6, 6.07) is 10.5. The van der Waals surface area contributed by atoms with E-state index in [1.165, 1.54) is 30.4 Å². The number of aliphatic imine (C=N–C) groups is 1. The van der Waals surface area contributed by atoms with Crippen LogP contribution in [0.1, 0.15) is 50.5 Å². The monoisotopic (exact) mass is 510 g/mol. The summed E-state index contributed by atoms with van der Waals surface area (Å²) < 4.78 is 0. The lowest BCUT2D eigenvalue weighted by Crippen LogP contribution is -2.46. The van der Waals surface area contributed by atoms with E-state index in [4.69, 9.17) is 0 Å². The zero-order valence-electron chi connectivity index (χ0n) is 17.5. The molecule has 0 atom stereocenters. The Morgan fingerprint density at radius 1 is 1.07 bits per heavy atom. The van der Waals surface area contributed by atoms with Crippen LogP contribution < -0.4 is 10.6 Å². The summed E-state index contributed by atoms with van der Waals surface area (Å²) >= 11 is 0. The Morgan fingerprint density at radius 2 is 1.72 bits per heavy atom. The van der Waals surface area contributed by atoms with Gasteiger partial charge in [0, 0.05) is 39.1 Å². The van der Waals surface area contributed by atoms with Crippen LogP contribution in [0, 0.1) is 5.92 Å². The van der Waals surface area contributed by atoms with Crippen molar-refractivity contribution in [3.8, 4) is 0 Å². The van der Waals surface area contributed by atoms with Gasteiger partial charge in [0.1, 0.15) is 0 Å². The van der Waals surface area contributed by atoms with Crippen molar-refractivity contribution < 1.29 is 4.79 Å². The highest BCUT2D eigenvalue weighted by atomic mass is 127. The molecule has 1 amide bonds. The number of nitrogens with zero attached hydrogens (tertiary/aromatic N) is 2. The van der Waals surface area contributed by atoms with E-state index in [1.54, 1.807) is 0 Å². The van der Waals surface area contributed by atoms with Gasteiger partial charge in [-0.15, -0.1) is 24.0 Å². The van der Waals surface area contributed by atoms with Crippen molar-refractivity contribution in [3.05, 3.63) is 41.5 Å². The second-order valence-electron chi connectivity index (χ2n) is 7.80. The van der Waals surface area contributed by atoms with Crippen LogP contribution in [0.3, 0.4) is 0 Å². The van der Waals surface area contributed by atoms with Crippen LogP contribution in [0.25, 0.3) is 6.08 Å². The number of carbonyl (C=O) groups is 1. The summed E-state index contributed by atoms with van der Waals surface area (Å²) in [5.74, 6) is 1.39. The third kappa shape index (κ3) is 7.64. The number of benzene rings is 1. The molecule has 3 rings (SSSR count). The smallest absolute Gasteiger partial charge is 0.223 e. The lowest BCUT2D eigenvalue weighted by Gasteiger charge is -2.31. The first-order valence-electron chi connectivity index (χ1n) is 10.7. The van der Waals surface area contributed by atoms with Crippen molar-refractivity contribution in [2.45, 2.75) is 44.9 Å².